The predicted octanol–water partition coefficient (Wildman–Crippen LogP) is 4.69. The minimum atomic E-state index is -1.05. The van der Waals surface area contributed by atoms with Crippen molar-refractivity contribution >= 4 is 28.4 Å². The number of halogens is 2. The molecule has 4 nitrogen and oxygen atoms in total. The minimum absolute atomic E-state index is 0.0928. The summed E-state index contributed by atoms with van der Waals surface area (Å²) >= 11 is 6.47. The van der Waals surface area contributed by atoms with Crippen LogP contribution in [0.25, 0.3) is 10.9 Å². The molecular weight excluding hydrogens is 377 g/mol. The fraction of sp³-hybridized carbons (Fsp3) is 0.591. The molecule has 2 aromatic rings. The summed E-state index contributed by atoms with van der Waals surface area (Å²) in [4.78, 5) is 13.0. The third-order valence-corrected chi connectivity index (χ3v) is 6.69. The third kappa shape index (κ3) is 4.20. The first-order chi connectivity index (χ1) is 13.4. The number of fused-ring (bicyclic) bond motifs is 1. The van der Waals surface area contributed by atoms with Crippen LogP contribution in [0.5, 0.6) is 0 Å². The van der Waals surface area contributed by atoms with E-state index in [0.717, 1.165) is 43.3 Å². The molecule has 1 saturated heterocycles. The van der Waals surface area contributed by atoms with Crippen LogP contribution in [0.2, 0.25) is 5.02 Å². The smallest absolute Gasteiger partial charge is 0.253 e. The van der Waals surface area contributed by atoms with Crippen molar-refractivity contribution in [2.24, 2.45) is 5.92 Å². The Hall–Kier alpha value is -1.59. The fourth-order valence-corrected chi connectivity index (χ4v) is 4.87. The number of nitrogens with one attached hydrogen (secondary N) is 2. The van der Waals surface area contributed by atoms with Crippen molar-refractivity contribution in [3.05, 3.63) is 35.0 Å². The van der Waals surface area contributed by atoms with E-state index in [1.54, 1.807) is 6.92 Å². The SMILES string of the molecule is CC1(F)CCC(CNC(=O)c2cn(C[C@@H]3CCCN3)c3cccc(Cl)c23)CC1. The van der Waals surface area contributed by atoms with E-state index in [1.807, 2.05) is 24.4 Å². The van der Waals surface area contributed by atoms with Gasteiger partial charge in [-0.15, -0.1) is 0 Å². The highest BCUT2D eigenvalue weighted by atomic mass is 35.5. The molecule has 28 heavy (non-hydrogen) atoms. The molecule has 2 heterocycles. The summed E-state index contributed by atoms with van der Waals surface area (Å²) in [5, 5.41) is 8.01. The average molecular weight is 406 g/mol. The summed E-state index contributed by atoms with van der Waals surface area (Å²) in [5.74, 6) is 0.254. The van der Waals surface area contributed by atoms with Gasteiger partial charge in [-0.1, -0.05) is 17.7 Å². The molecule has 1 aromatic heterocycles. The molecule has 2 fully saturated rings. The second kappa shape index (κ2) is 8.03. The molecule has 2 N–H and O–H groups in total. The maximum absolute atomic E-state index is 14.0. The fourth-order valence-electron chi connectivity index (χ4n) is 4.60. The van der Waals surface area contributed by atoms with Crippen LogP contribution in [0.1, 0.15) is 55.8 Å². The molecule has 0 unspecified atom stereocenters. The summed E-state index contributed by atoms with van der Waals surface area (Å²) in [6.07, 6.45) is 7.08. The van der Waals surface area contributed by atoms with Gasteiger partial charge in [0.2, 0.25) is 0 Å². The van der Waals surface area contributed by atoms with Crippen molar-refractivity contribution in [2.45, 2.75) is 63.7 Å². The number of rotatable bonds is 5. The molecule has 0 bridgehead atoms. The monoisotopic (exact) mass is 405 g/mol. The Kier molecular flexibility index (Phi) is 5.66. The molecule has 6 heteroatoms. The molecule has 152 valence electrons. The Labute approximate surface area is 170 Å². The van der Waals surface area contributed by atoms with Crippen LogP contribution in [0.3, 0.4) is 0 Å². The number of amides is 1. The van der Waals surface area contributed by atoms with Crippen molar-refractivity contribution in [3.63, 3.8) is 0 Å². The van der Waals surface area contributed by atoms with E-state index in [0.29, 0.717) is 41.9 Å². The number of hydrogen-bond donors (Lipinski definition) is 2. The molecule has 1 aromatic carbocycles. The van der Waals surface area contributed by atoms with Crippen LogP contribution in [-0.4, -0.2) is 35.3 Å². The first-order valence-electron chi connectivity index (χ1n) is 10.4. The van der Waals surface area contributed by atoms with E-state index >= 15 is 0 Å². The van der Waals surface area contributed by atoms with Crippen LogP contribution in [0.4, 0.5) is 4.39 Å². The highest BCUT2D eigenvalue weighted by Crippen LogP contribution is 2.34. The van der Waals surface area contributed by atoms with Crippen LogP contribution >= 0.6 is 11.6 Å². The summed E-state index contributed by atoms with van der Waals surface area (Å²) in [7, 11) is 0. The molecule has 0 spiro atoms. The van der Waals surface area contributed by atoms with Gasteiger partial charge in [-0.25, -0.2) is 4.39 Å². The zero-order valence-electron chi connectivity index (χ0n) is 16.4. The Morgan fingerprint density at radius 1 is 1.36 bits per heavy atom. The van der Waals surface area contributed by atoms with Gasteiger partial charge >= 0.3 is 0 Å². The Morgan fingerprint density at radius 3 is 2.86 bits per heavy atom. The number of hydrogen-bond acceptors (Lipinski definition) is 2. The van der Waals surface area contributed by atoms with Gasteiger partial charge < -0.3 is 15.2 Å². The van der Waals surface area contributed by atoms with Crippen molar-refractivity contribution in [1.29, 1.82) is 0 Å². The van der Waals surface area contributed by atoms with E-state index in [4.69, 9.17) is 11.6 Å². The maximum Gasteiger partial charge on any atom is 0.253 e. The molecule has 1 saturated carbocycles. The third-order valence-electron chi connectivity index (χ3n) is 6.38. The predicted molar refractivity (Wildman–Crippen MR) is 112 cm³/mol. The highest BCUT2D eigenvalue weighted by molar-refractivity contribution is 6.36. The van der Waals surface area contributed by atoms with Gasteiger partial charge in [0.1, 0.15) is 5.67 Å². The average Bonchev–Trinajstić information content (AvgIpc) is 3.30. The number of alkyl halides is 1. The number of aromatic nitrogens is 1. The van der Waals surface area contributed by atoms with Crippen molar-refractivity contribution in [3.8, 4) is 0 Å². The first-order valence-corrected chi connectivity index (χ1v) is 10.8. The van der Waals surface area contributed by atoms with E-state index in [1.165, 1.54) is 6.42 Å². The van der Waals surface area contributed by atoms with Crippen LogP contribution in [-0.2, 0) is 6.54 Å². The lowest BCUT2D eigenvalue weighted by atomic mass is 9.81. The van der Waals surface area contributed by atoms with Gasteiger partial charge in [0.25, 0.3) is 5.91 Å². The lowest BCUT2D eigenvalue weighted by molar-refractivity contribution is 0.0894. The minimum Gasteiger partial charge on any atom is -0.352 e. The standard InChI is InChI=1S/C22H29ClFN3O/c1-22(24)9-7-15(8-10-22)12-26-21(28)17-14-27(13-16-4-3-11-25-16)19-6-2-5-18(23)20(17)19/h2,5-6,14-16,25H,3-4,7-13H2,1H3,(H,26,28)/t15?,16-,22?/m0/s1. The van der Waals surface area contributed by atoms with Gasteiger partial charge in [0, 0.05) is 30.7 Å². The Morgan fingerprint density at radius 2 is 2.14 bits per heavy atom. The van der Waals surface area contributed by atoms with E-state index in [9.17, 15) is 9.18 Å². The molecule has 1 amide bonds. The number of carbonyl (C=O) groups is 1. The summed E-state index contributed by atoms with van der Waals surface area (Å²) < 4.78 is 16.1. The highest BCUT2D eigenvalue weighted by Gasteiger charge is 2.31. The second-order valence-corrected chi connectivity index (χ2v) is 9.10. The molecular formula is C22H29ClFN3O. The lowest BCUT2D eigenvalue weighted by Gasteiger charge is -2.31. The first kappa shape index (κ1) is 19.7. The Balaban J connectivity index is 1.50. The van der Waals surface area contributed by atoms with Crippen LogP contribution in [0.15, 0.2) is 24.4 Å². The number of nitrogens with zero attached hydrogens (tertiary/aromatic N) is 1. The largest absolute Gasteiger partial charge is 0.352 e. The zero-order valence-corrected chi connectivity index (χ0v) is 17.2. The van der Waals surface area contributed by atoms with Crippen LogP contribution in [0, 0.1) is 5.92 Å². The Bertz CT molecular complexity index is 847. The summed E-state index contributed by atoms with van der Waals surface area (Å²) in [6.45, 7) is 4.16. The maximum atomic E-state index is 14.0. The summed E-state index contributed by atoms with van der Waals surface area (Å²) in [6, 6.07) is 6.22. The van der Waals surface area contributed by atoms with Gasteiger partial charge in [0.05, 0.1) is 16.1 Å². The topological polar surface area (TPSA) is 46.1 Å². The molecule has 1 atom stereocenters. The second-order valence-electron chi connectivity index (χ2n) is 8.69. The van der Waals surface area contributed by atoms with E-state index < -0.39 is 5.67 Å². The van der Waals surface area contributed by atoms with Gasteiger partial charge in [0.15, 0.2) is 0 Å². The van der Waals surface area contributed by atoms with Gasteiger partial charge in [-0.2, -0.15) is 0 Å². The van der Waals surface area contributed by atoms with E-state index in [-0.39, 0.29) is 5.91 Å². The molecule has 1 aliphatic heterocycles. The number of benzene rings is 1. The molecule has 4 rings (SSSR count). The molecule has 2 aliphatic rings. The molecule has 0 radical (unpaired) electrons. The summed E-state index contributed by atoms with van der Waals surface area (Å²) in [5.41, 5.74) is 0.581. The number of carbonyl (C=O) groups excluding carboxylic acids is 1. The quantitative estimate of drug-likeness (QED) is 0.757. The van der Waals surface area contributed by atoms with Crippen molar-refractivity contribution in [2.75, 3.05) is 13.1 Å². The van der Waals surface area contributed by atoms with Crippen molar-refractivity contribution in [1.82, 2.24) is 15.2 Å². The normalized spacial score (nSPS) is 28.0. The van der Waals surface area contributed by atoms with E-state index in [2.05, 4.69) is 15.2 Å². The van der Waals surface area contributed by atoms with Gasteiger partial charge in [-0.3, -0.25) is 4.79 Å². The van der Waals surface area contributed by atoms with Crippen molar-refractivity contribution < 1.29 is 9.18 Å². The van der Waals surface area contributed by atoms with Gasteiger partial charge in [-0.05, 0) is 70.0 Å². The zero-order chi connectivity index (χ0) is 19.7. The lowest BCUT2D eigenvalue weighted by Crippen LogP contribution is -2.34. The molecule has 1 aliphatic carbocycles. The van der Waals surface area contributed by atoms with Crippen LogP contribution < -0.4 is 10.6 Å².